The number of carboxylic acids is 1. The lowest BCUT2D eigenvalue weighted by molar-refractivity contribution is -0.145. The summed E-state index contributed by atoms with van der Waals surface area (Å²) in [6, 6.07) is 13.1. The highest BCUT2D eigenvalue weighted by atomic mass is 79.9. The number of aryl methyl sites for hydroxylation is 1. The first-order chi connectivity index (χ1) is 9.66. The number of rotatable bonds is 6. The molecule has 1 unspecified atom stereocenters. The highest BCUT2D eigenvalue weighted by Gasteiger charge is 2.20. The van der Waals surface area contributed by atoms with Crippen LogP contribution in [-0.4, -0.2) is 22.2 Å². The molecule has 1 aromatic heterocycles. The zero-order chi connectivity index (χ0) is 14.4. The number of ether oxygens (including phenoxy) is 1. The van der Waals surface area contributed by atoms with Gasteiger partial charge in [-0.2, -0.15) is 0 Å². The molecule has 0 saturated carbocycles. The number of benzene rings is 1. The maximum Gasteiger partial charge on any atom is 0.344 e. The Kier molecular flexibility index (Phi) is 5.12. The summed E-state index contributed by atoms with van der Waals surface area (Å²) in [7, 11) is 0. The minimum Gasteiger partial charge on any atom is -0.479 e. The number of pyridine rings is 1. The first-order valence-corrected chi connectivity index (χ1v) is 7.00. The van der Waals surface area contributed by atoms with Crippen molar-refractivity contribution in [3.8, 4) is 5.75 Å². The zero-order valence-electron chi connectivity index (χ0n) is 10.7. The molecule has 0 amide bonds. The van der Waals surface area contributed by atoms with Gasteiger partial charge in [-0.05, 0) is 46.5 Å². The molecule has 20 heavy (non-hydrogen) atoms. The summed E-state index contributed by atoms with van der Waals surface area (Å²) in [6.07, 6.45) is 1.77. The number of aromatic nitrogens is 1. The number of halogens is 1. The first-order valence-electron chi connectivity index (χ1n) is 6.20. The summed E-state index contributed by atoms with van der Waals surface area (Å²) in [6.45, 7) is 0. The lowest BCUT2D eigenvalue weighted by Crippen LogP contribution is -2.27. The van der Waals surface area contributed by atoms with Gasteiger partial charge in [0.15, 0.2) is 11.9 Å². The fourth-order valence-electron chi connectivity index (χ4n) is 1.79. The van der Waals surface area contributed by atoms with Gasteiger partial charge in [0.05, 0.1) is 0 Å². The minimum absolute atomic E-state index is 0.403. The summed E-state index contributed by atoms with van der Waals surface area (Å²) < 4.78 is 6.03. The lowest BCUT2D eigenvalue weighted by Gasteiger charge is -2.15. The Morgan fingerprint density at radius 2 is 2.00 bits per heavy atom. The smallest absolute Gasteiger partial charge is 0.344 e. The van der Waals surface area contributed by atoms with Crippen LogP contribution in [0.15, 0.2) is 53.3 Å². The Balaban J connectivity index is 2.01. The molecule has 1 atom stereocenters. The van der Waals surface area contributed by atoms with Crippen molar-refractivity contribution in [1.29, 1.82) is 0 Å². The van der Waals surface area contributed by atoms with E-state index in [4.69, 9.17) is 4.74 Å². The summed E-state index contributed by atoms with van der Waals surface area (Å²) in [5.74, 6) is -0.537. The van der Waals surface area contributed by atoms with Gasteiger partial charge in [-0.1, -0.05) is 30.3 Å². The van der Waals surface area contributed by atoms with Crippen LogP contribution in [0.2, 0.25) is 0 Å². The molecule has 2 aromatic rings. The van der Waals surface area contributed by atoms with Gasteiger partial charge in [0.1, 0.15) is 4.60 Å². The van der Waals surface area contributed by atoms with Crippen molar-refractivity contribution in [3.05, 3.63) is 58.8 Å². The van der Waals surface area contributed by atoms with Gasteiger partial charge in [0, 0.05) is 6.20 Å². The van der Waals surface area contributed by atoms with Crippen LogP contribution in [0.1, 0.15) is 12.0 Å². The topological polar surface area (TPSA) is 59.4 Å². The minimum atomic E-state index is -0.975. The van der Waals surface area contributed by atoms with Crippen molar-refractivity contribution >= 4 is 21.9 Å². The Bertz CT molecular complexity index is 574. The summed E-state index contributed by atoms with van der Waals surface area (Å²) in [5.41, 5.74) is 1.09. The molecule has 104 valence electrons. The first kappa shape index (κ1) is 14.5. The zero-order valence-corrected chi connectivity index (χ0v) is 12.3. The average Bonchev–Trinajstić information content (AvgIpc) is 2.46. The van der Waals surface area contributed by atoms with Crippen molar-refractivity contribution in [1.82, 2.24) is 4.98 Å². The molecular weight excluding hydrogens is 322 g/mol. The standard InChI is InChI=1S/C15H14BrNO3/c16-14-12(7-4-10-17-14)20-13(15(18)19)9-8-11-5-2-1-3-6-11/h1-7,10,13H,8-9H2,(H,18,19). The van der Waals surface area contributed by atoms with E-state index in [1.165, 1.54) is 0 Å². The molecule has 0 fully saturated rings. The third kappa shape index (κ3) is 4.06. The van der Waals surface area contributed by atoms with Gasteiger partial charge < -0.3 is 9.84 Å². The third-order valence-electron chi connectivity index (χ3n) is 2.81. The Labute approximate surface area is 125 Å². The Morgan fingerprint density at radius 3 is 2.65 bits per heavy atom. The van der Waals surface area contributed by atoms with E-state index in [-0.39, 0.29) is 0 Å². The van der Waals surface area contributed by atoms with Crippen LogP contribution in [0.4, 0.5) is 0 Å². The predicted octanol–water partition coefficient (Wildman–Crippen LogP) is 3.31. The Hall–Kier alpha value is -1.88. The molecule has 0 aliphatic heterocycles. The normalized spacial score (nSPS) is 11.8. The van der Waals surface area contributed by atoms with Gasteiger partial charge in [0.2, 0.25) is 0 Å². The molecule has 0 aliphatic rings. The fourth-order valence-corrected chi connectivity index (χ4v) is 2.13. The third-order valence-corrected chi connectivity index (χ3v) is 3.40. The van der Waals surface area contributed by atoms with Crippen LogP contribution in [0, 0.1) is 0 Å². The number of nitrogens with zero attached hydrogens (tertiary/aromatic N) is 1. The summed E-state index contributed by atoms with van der Waals surface area (Å²) in [5, 5.41) is 9.24. The van der Waals surface area contributed by atoms with Crippen LogP contribution in [-0.2, 0) is 11.2 Å². The second-order valence-corrected chi connectivity index (χ2v) is 5.01. The molecule has 0 aliphatic carbocycles. The average molecular weight is 336 g/mol. The van der Waals surface area contributed by atoms with E-state index in [1.54, 1.807) is 18.3 Å². The SMILES string of the molecule is O=C(O)C(CCc1ccccc1)Oc1cccnc1Br. The highest BCUT2D eigenvalue weighted by Crippen LogP contribution is 2.23. The summed E-state index contributed by atoms with van der Waals surface area (Å²) >= 11 is 3.24. The van der Waals surface area contributed by atoms with E-state index in [9.17, 15) is 9.90 Å². The van der Waals surface area contributed by atoms with Crippen LogP contribution < -0.4 is 4.74 Å². The number of hydrogen-bond donors (Lipinski definition) is 1. The van der Waals surface area contributed by atoms with Crippen LogP contribution in [0.3, 0.4) is 0 Å². The van der Waals surface area contributed by atoms with Crippen molar-refractivity contribution < 1.29 is 14.6 Å². The van der Waals surface area contributed by atoms with E-state index in [0.717, 1.165) is 5.56 Å². The molecule has 0 saturated heterocycles. The van der Waals surface area contributed by atoms with Crippen molar-refractivity contribution in [2.45, 2.75) is 18.9 Å². The van der Waals surface area contributed by atoms with Crippen molar-refractivity contribution in [3.63, 3.8) is 0 Å². The van der Waals surface area contributed by atoms with Crippen molar-refractivity contribution in [2.24, 2.45) is 0 Å². The van der Waals surface area contributed by atoms with Gasteiger partial charge in [-0.3, -0.25) is 0 Å². The number of hydrogen-bond acceptors (Lipinski definition) is 3. The summed E-state index contributed by atoms with van der Waals surface area (Å²) in [4.78, 5) is 15.3. The van der Waals surface area contributed by atoms with E-state index < -0.39 is 12.1 Å². The van der Waals surface area contributed by atoms with E-state index >= 15 is 0 Å². The number of aliphatic carboxylic acids is 1. The number of carbonyl (C=O) groups is 1. The van der Waals surface area contributed by atoms with Crippen LogP contribution >= 0.6 is 15.9 Å². The molecule has 4 nitrogen and oxygen atoms in total. The molecule has 1 aromatic carbocycles. The predicted molar refractivity (Wildman–Crippen MR) is 78.8 cm³/mol. The van der Waals surface area contributed by atoms with Crippen molar-refractivity contribution in [2.75, 3.05) is 0 Å². The van der Waals surface area contributed by atoms with Gasteiger partial charge >= 0.3 is 5.97 Å². The van der Waals surface area contributed by atoms with Gasteiger partial charge in [0.25, 0.3) is 0 Å². The molecular formula is C15H14BrNO3. The largest absolute Gasteiger partial charge is 0.479 e. The molecule has 5 heteroatoms. The molecule has 0 radical (unpaired) electrons. The molecule has 0 bridgehead atoms. The van der Waals surface area contributed by atoms with E-state index in [2.05, 4.69) is 20.9 Å². The molecule has 1 heterocycles. The Morgan fingerprint density at radius 1 is 1.25 bits per heavy atom. The van der Waals surface area contributed by atoms with Gasteiger partial charge in [-0.15, -0.1) is 0 Å². The molecule has 1 N–H and O–H groups in total. The second-order valence-electron chi connectivity index (χ2n) is 4.26. The quantitative estimate of drug-likeness (QED) is 0.822. The molecule has 0 spiro atoms. The fraction of sp³-hybridized carbons (Fsp3) is 0.200. The maximum absolute atomic E-state index is 11.3. The second kappa shape index (κ2) is 7.05. The lowest BCUT2D eigenvalue weighted by atomic mass is 10.1. The molecule has 2 rings (SSSR count). The van der Waals surface area contributed by atoms with E-state index in [0.29, 0.717) is 23.2 Å². The van der Waals surface area contributed by atoms with Crippen LogP contribution in [0.25, 0.3) is 0 Å². The number of carboxylic acid groups (broad SMARTS) is 1. The van der Waals surface area contributed by atoms with Gasteiger partial charge in [-0.25, -0.2) is 9.78 Å². The maximum atomic E-state index is 11.3. The van der Waals surface area contributed by atoms with Crippen LogP contribution in [0.5, 0.6) is 5.75 Å². The monoisotopic (exact) mass is 335 g/mol. The highest BCUT2D eigenvalue weighted by molar-refractivity contribution is 9.10. The van der Waals surface area contributed by atoms with E-state index in [1.807, 2.05) is 30.3 Å².